The molecule has 1 amide bonds. The molecule has 0 saturated carbocycles. The van der Waals surface area contributed by atoms with Crippen LogP contribution in [-0.2, 0) is 17.9 Å². The molecule has 166 valence electrons. The first-order valence-electron chi connectivity index (χ1n) is 10.8. The Morgan fingerprint density at radius 3 is 2.68 bits per heavy atom. The molecule has 1 unspecified atom stereocenters. The van der Waals surface area contributed by atoms with Crippen molar-refractivity contribution in [3.63, 3.8) is 0 Å². The van der Waals surface area contributed by atoms with E-state index in [0.717, 1.165) is 35.7 Å². The zero-order chi connectivity index (χ0) is 21.8. The number of fused-ring (bicyclic) bond motifs is 1. The highest BCUT2D eigenvalue weighted by molar-refractivity contribution is 5.78. The molecular formula is C24H30FN3O3. The van der Waals surface area contributed by atoms with Crippen molar-refractivity contribution in [2.24, 2.45) is 0 Å². The van der Waals surface area contributed by atoms with Gasteiger partial charge < -0.3 is 14.4 Å². The molecule has 31 heavy (non-hydrogen) atoms. The van der Waals surface area contributed by atoms with Crippen molar-refractivity contribution in [2.75, 3.05) is 46.4 Å². The van der Waals surface area contributed by atoms with Gasteiger partial charge in [0.25, 0.3) is 0 Å². The van der Waals surface area contributed by atoms with Crippen molar-refractivity contribution >= 4 is 5.91 Å². The number of amides is 1. The van der Waals surface area contributed by atoms with E-state index in [0.29, 0.717) is 39.3 Å². The molecule has 0 aromatic heterocycles. The smallest absolute Gasteiger partial charge is 0.236 e. The second-order valence-electron chi connectivity index (χ2n) is 8.36. The molecule has 0 bridgehead atoms. The summed E-state index contributed by atoms with van der Waals surface area (Å²) in [7, 11) is 1.64. The molecule has 0 radical (unpaired) electrons. The Balaban J connectivity index is 1.31. The minimum Gasteiger partial charge on any atom is -0.497 e. The highest BCUT2D eigenvalue weighted by Gasteiger charge is 2.26. The Kier molecular flexibility index (Phi) is 6.73. The molecule has 2 aliphatic heterocycles. The van der Waals surface area contributed by atoms with E-state index in [1.807, 2.05) is 36.1 Å². The number of nitrogens with zero attached hydrogens (tertiary/aromatic N) is 3. The fourth-order valence-corrected chi connectivity index (χ4v) is 4.29. The zero-order valence-corrected chi connectivity index (χ0v) is 18.2. The van der Waals surface area contributed by atoms with Gasteiger partial charge in [0.2, 0.25) is 5.91 Å². The summed E-state index contributed by atoms with van der Waals surface area (Å²) in [6.07, 6.45) is -0.00993. The van der Waals surface area contributed by atoms with Gasteiger partial charge in [-0.25, -0.2) is 4.39 Å². The normalized spacial score (nSPS) is 20.0. The van der Waals surface area contributed by atoms with Crippen LogP contribution in [0.15, 0.2) is 42.5 Å². The van der Waals surface area contributed by atoms with Gasteiger partial charge in [-0.15, -0.1) is 0 Å². The first-order valence-corrected chi connectivity index (χ1v) is 10.8. The summed E-state index contributed by atoms with van der Waals surface area (Å²) in [6.45, 7) is 7.47. The Morgan fingerprint density at radius 1 is 1.13 bits per heavy atom. The summed E-state index contributed by atoms with van der Waals surface area (Å²) in [5, 5.41) is 0. The van der Waals surface area contributed by atoms with Crippen molar-refractivity contribution in [3.8, 4) is 11.5 Å². The number of ether oxygens (including phenoxy) is 2. The number of halogens is 1. The monoisotopic (exact) mass is 427 g/mol. The fraction of sp³-hybridized carbons (Fsp3) is 0.458. The number of piperazine rings is 1. The number of hydrogen-bond acceptors (Lipinski definition) is 5. The lowest BCUT2D eigenvalue weighted by atomic mass is 10.1. The second-order valence-corrected chi connectivity index (χ2v) is 8.36. The largest absolute Gasteiger partial charge is 0.497 e. The third-order valence-electron chi connectivity index (χ3n) is 5.89. The van der Waals surface area contributed by atoms with Crippen molar-refractivity contribution in [1.82, 2.24) is 14.7 Å². The van der Waals surface area contributed by atoms with Crippen LogP contribution < -0.4 is 9.47 Å². The lowest BCUT2D eigenvalue weighted by Gasteiger charge is -2.36. The van der Waals surface area contributed by atoms with Gasteiger partial charge in [0.1, 0.15) is 23.4 Å². The highest BCUT2D eigenvalue weighted by Crippen LogP contribution is 2.29. The number of benzene rings is 2. The molecule has 1 saturated heterocycles. The van der Waals surface area contributed by atoms with Crippen LogP contribution in [0.5, 0.6) is 11.5 Å². The highest BCUT2D eigenvalue weighted by atomic mass is 19.1. The van der Waals surface area contributed by atoms with E-state index in [-0.39, 0.29) is 17.8 Å². The van der Waals surface area contributed by atoms with Gasteiger partial charge in [-0.2, -0.15) is 0 Å². The van der Waals surface area contributed by atoms with E-state index in [9.17, 15) is 9.18 Å². The number of methoxy groups -OCH3 is 1. The van der Waals surface area contributed by atoms with E-state index in [1.165, 1.54) is 6.07 Å². The standard InChI is InChI=1S/C24H30FN3O3/c1-18-14-27(16-20-6-7-22(30-2)13-23(20)31-18)17-24(29)28-10-8-26(9-11-28)15-19-4-3-5-21(25)12-19/h3-7,12-13,18H,8-11,14-17H2,1-2H3. The summed E-state index contributed by atoms with van der Waals surface area (Å²) in [5.74, 6) is 1.54. The summed E-state index contributed by atoms with van der Waals surface area (Å²) < 4.78 is 24.8. The molecule has 2 aliphatic rings. The number of rotatable bonds is 5. The van der Waals surface area contributed by atoms with E-state index >= 15 is 0 Å². The molecule has 2 aromatic rings. The topological polar surface area (TPSA) is 45.3 Å². The first kappa shape index (κ1) is 21.6. The molecule has 0 spiro atoms. The molecule has 1 fully saturated rings. The van der Waals surface area contributed by atoms with Crippen LogP contribution in [0.2, 0.25) is 0 Å². The summed E-state index contributed by atoms with van der Waals surface area (Å²) in [6, 6.07) is 12.6. The van der Waals surface area contributed by atoms with Crippen molar-refractivity contribution in [3.05, 3.63) is 59.4 Å². The Bertz CT molecular complexity index is 915. The van der Waals surface area contributed by atoms with E-state index < -0.39 is 0 Å². The maximum atomic E-state index is 13.4. The Morgan fingerprint density at radius 2 is 1.94 bits per heavy atom. The summed E-state index contributed by atoms with van der Waals surface area (Å²) in [4.78, 5) is 19.3. The van der Waals surface area contributed by atoms with Crippen molar-refractivity contribution in [2.45, 2.75) is 26.1 Å². The Hall–Kier alpha value is -2.64. The van der Waals surface area contributed by atoms with Crippen molar-refractivity contribution < 1.29 is 18.7 Å². The van der Waals surface area contributed by atoms with Gasteiger partial charge in [0.05, 0.1) is 13.7 Å². The fourth-order valence-electron chi connectivity index (χ4n) is 4.29. The van der Waals surface area contributed by atoms with Crippen LogP contribution in [0.3, 0.4) is 0 Å². The lowest BCUT2D eigenvalue weighted by Crippen LogP contribution is -2.51. The van der Waals surface area contributed by atoms with E-state index in [1.54, 1.807) is 19.2 Å². The molecule has 6 nitrogen and oxygen atoms in total. The second kappa shape index (κ2) is 9.66. The average Bonchev–Trinajstić information content (AvgIpc) is 2.90. The summed E-state index contributed by atoms with van der Waals surface area (Å²) >= 11 is 0. The van der Waals surface area contributed by atoms with Gasteiger partial charge in [-0.1, -0.05) is 18.2 Å². The molecule has 0 N–H and O–H groups in total. The van der Waals surface area contributed by atoms with Crippen LogP contribution in [0.1, 0.15) is 18.1 Å². The van der Waals surface area contributed by atoms with E-state index in [2.05, 4.69) is 9.80 Å². The number of hydrogen-bond donors (Lipinski definition) is 0. The number of carbonyl (C=O) groups is 1. The van der Waals surface area contributed by atoms with Gasteiger partial charge in [0, 0.05) is 57.4 Å². The predicted molar refractivity (Wildman–Crippen MR) is 117 cm³/mol. The van der Waals surface area contributed by atoms with Crippen molar-refractivity contribution in [1.29, 1.82) is 0 Å². The predicted octanol–water partition coefficient (Wildman–Crippen LogP) is 2.76. The molecule has 0 aliphatic carbocycles. The van der Waals surface area contributed by atoms with Crippen LogP contribution in [0.25, 0.3) is 0 Å². The zero-order valence-electron chi connectivity index (χ0n) is 18.2. The maximum Gasteiger partial charge on any atom is 0.236 e. The van der Waals surface area contributed by atoms with Gasteiger partial charge in [-0.05, 0) is 30.7 Å². The lowest BCUT2D eigenvalue weighted by molar-refractivity contribution is -0.134. The molecule has 7 heteroatoms. The quantitative estimate of drug-likeness (QED) is 0.734. The maximum absolute atomic E-state index is 13.4. The van der Waals surface area contributed by atoms with Gasteiger partial charge in [-0.3, -0.25) is 14.6 Å². The Labute approximate surface area is 183 Å². The van der Waals surface area contributed by atoms with E-state index in [4.69, 9.17) is 9.47 Å². The van der Waals surface area contributed by atoms with Gasteiger partial charge >= 0.3 is 0 Å². The number of carbonyl (C=O) groups excluding carboxylic acids is 1. The first-order chi connectivity index (χ1) is 15.0. The van der Waals surface area contributed by atoms with Gasteiger partial charge in [0.15, 0.2) is 0 Å². The van der Waals surface area contributed by atoms with Crippen LogP contribution in [0, 0.1) is 5.82 Å². The summed E-state index contributed by atoms with van der Waals surface area (Å²) in [5.41, 5.74) is 2.03. The molecule has 2 heterocycles. The van der Waals surface area contributed by atoms with Crippen LogP contribution in [-0.4, -0.2) is 73.1 Å². The molecular weight excluding hydrogens is 397 g/mol. The average molecular weight is 428 g/mol. The molecule has 2 aromatic carbocycles. The SMILES string of the molecule is COc1ccc2c(c1)OC(C)CN(CC(=O)N1CCN(Cc3cccc(F)c3)CC1)C2. The van der Waals surface area contributed by atoms with Crippen LogP contribution >= 0.6 is 0 Å². The minimum absolute atomic E-state index is 0.00993. The molecule has 4 rings (SSSR count). The third-order valence-corrected chi connectivity index (χ3v) is 5.89. The minimum atomic E-state index is -0.206. The van der Waals surface area contributed by atoms with Crippen LogP contribution in [0.4, 0.5) is 4.39 Å². The molecule has 1 atom stereocenters. The third kappa shape index (κ3) is 5.54.